The number of unbranched alkanes of at least 4 members (excludes halogenated alkanes) is 1. The minimum Gasteiger partial charge on any atom is -0.409 e. The van der Waals surface area contributed by atoms with Gasteiger partial charge in [0, 0.05) is 30.6 Å². The second-order valence-corrected chi connectivity index (χ2v) is 6.95. The summed E-state index contributed by atoms with van der Waals surface area (Å²) in [7, 11) is 2.21. The van der Waals surface area contributed by atoms with E-state index in [1.807, 2.05) is 13.8 Å². The summed E-state index contributed by atoms with van der Waals surface area (Å²) in [6.07, 6.45) is 3.24. The van der Waals surface area contributed by atoms with Crippen LogP contribution in [0.2, 0.25) is 0 Å². The summed E-state index contributed by atoms with van der Waals surface area (Å²) in [5, 5.41) is 11.9. The lowest BCUT2D eigenvalue weighted by Gasteiger charge is -2.42. The maximum Gasteiger partial charge on any atom is 0.144 e. The van der Waals surface area contributed by atoms with Gasteiger partial charge >= 0.3 is 0 Å². The number of nitrogens with zero attached hydrogens (tertiary/aromatic N) is 3. The maximum absolute atomic E-state index is 8.76. The Bertz CT molecular complexity index is 318. The van der Waals surface area contributed by atoms with Crippen LogP contribution in [0.25, 0.3) is 0 Å². The second-order valence-electron chi connectivity index (χ2n) is 6.95. The van der Waals surface area contributed by atoms with Crippen LogP contribution in [-0.2, 0) is 0 Å². The molecule has 5 heteroatoms. The number of hydrogen-bond donors (Lipinski definition) is 2. The predicted molar refractivity (Wildman–Crippen MR) is 84.2 cm³/mol. The van der Waals surface area contributed by atoms with Crippen molar-refractivity contribution in [2.24, 2.45) is 16.3 Å². The van der Waals surface area contributed by atoms with Crippen molar-refractivity contribution >= 4 is 5.84 Å². The third-order valence-corrected chi connectivity index (χ3v) is 4.76. The Morgan fingerprint density at radius 3 is 2.30 bits per heavy atom. The molecule has 0 radical (unpaired) electrons. The van der Waals surface area contributed by atoms with Crippen LogP contribution in [0.1, 0.15) is 47.0 Å². The summed E-state index contributed by atoms with van der Waals surface area (Å²) in [5.74, 6) is 0.333. The van der Waals surface area contributed by atoms with Crippen molar-refractivity contribution in [1.29, 1.82) is 0 Å². The molecule has 0 spiro atoms. The van der Waals surface area contributed by atoms with Crippen LogP contribution < -0.4 is 5.73 Å². The van der Waals surface area contributed by atoms with E-state index in [9.17, 15) is 0 Å². The van der Waals surface area contributed by atoms with Crippen LogP contribution in [0.15, 0.2) is 5.16 Å². The van der Waals surface area contributed by atoms with Crippen LogP contribution in [0.5, 0.6) is 0 Å². The molecule has 2 atom stereocenters. The molecule has 0 aromatic carbocycles. The van der Waals surface area contributed by atoms with Gasteiger partial charge in [0.15, 0.2) is 0 Å². The van der Waals surface area contributed by atoms with Crippen molar-refractivity contribution in [3.05, 3.63) is 0 Å². The lowest BCUT2D eigenvalue weighted by atomic mass is 9.86. The summed E-state index contributed by atoms with van der Waals surface area (Å²) in [6.45, 7) is 12.1. The fourth-order valence-corrected chi connectivity index (χ4v) is 2.86. The molecule has 1 aliphatic rings. The average molecular weight is 284 g/mol. The summed E-state index contributed by atoms with van der Waals surface area (Å²) in [6, 6.07) is 1.26. The van der Waals surface area contributed by atoms with E-state index in [0.717, 1.165) is 32.5 Å². The Morgan fingerprint density at radius 1 is 1.25 bits per heavy atom. The number of amidine groups is 1. The minimum absolute atomic E-state index is 0.211. The molecule has 2 unspecified atom stereocenters. The predicted octanol–water partition coefficient (Wildman–Crippen LogP) is 1.95. The molecule has 0 aliphatic carbocycles. The van der Waals surface area contributed by atoms with Crippen molar-refractivity contribution < 1.29 is 5.21 Å². The lowest BCUT2D eigenvalue weighted by Crippen LogP contribution is -2.54. The molecule has 1 fully saturated rings. The first-order chi connectivity index (χ1) is 9.27. The van der Waals surface area contributed by atoms with Crippen LogP contribution >= 0.6 is 0 Å². The molecule has 0 aromatic rings. The fourth-order valence-electron chi connectivity index (χ4n) is 2.86. The van der Waals surface area contributed by atoms with Gasteiger partial charge in [0.1, 0.15) is 5.84 Å². The van der Waals surface area contributed by atoms with Crippen LogP contribution in [0, 0.1) is 5.41 Å². The van der Waals surface area contributed by atoms with Gasteiger partial charge in [0.05, 0.1) is 0 Å². The van der Waals surface area contributed by atoms with E-state index >= 15 is 0 Å². The maximum atomic E-state index is 8.76. The first kappa shape index (κ1) is 17.2. The largest absolute Gasteiger partial charge is 0.409 e. The molecule has 1 rings (SSSR count). The van der Waals surface area contributed by atoms with Gasteiger partial charge in [-0.3, -0.25) is 4.90 Å². The molecule has 0 bridgehead atoms. The van der Waals surface area contributed by atoms with Crippen molar-refractivity contribution in [3.63, 3.8) is 0 Å². The van der Waals surface area contributed by atoms with E-state index in [2.05, 4.69) is 35.9 Å². The van der Waals surface area contributed by atoms with Gasteiger partial charge in [-0.05, 0) is 40.3 Å². The minimum atomic E-state index is -0.211. The van der Waals surface area contributed by atoms with Crippen molar-refractivity contribution in [3.8, 4) is 0 Å². The lowest BCUT2D eigenvalue weighted by molar-refractivity contribution is 0.0588. The normalized spacial score (nSPS) is 26.9. The zero-order valence-electron chi connectivity index (χ0n) is 13.8. The molecule has 118 valence electrons. The van der Waals surface area contributed by atoms with Gasteiger partial charge in [-0.2, -0.15) is 0 Å². The molecule has 0 saturated carbocycles. The van der Waals surface area contributed by atoms with Crippen molar-refractivity contribution in [2.75, 3.05) is 26.7 Å². The Kier molecular flexibility index (Phi) is 6.27. The van der Waals surface area contributed by atoms with Crippen molar-refractivity contribution in [1.82, 2.24) is 9.80 Å². The Hall–Kier alpha value is -0.810. The number of rotatable bonds is 6. The van der Waals surface area contributed by atoms with Gasteiger partial charge < -0.3 is 15.8 Å². The van der Waals surface area contributed by atoms with Gasteiger partial charge in [0.2, 0.25) is 0 Å². The number of nitrogens with two attached hydrogens (primary N) is 1. The molecule has 1 heterocycles. The van der Waals surface area contributed by atoms with E-state index in [-0.39, 0.29) is 5.41 Å². The van der Waals surface area contributed by atoms with Crippen LogP contribution in [0.4, 0.5) is 0 Å². The first-order valence-corrected chi connectivity index (χ1v) is 7.70. The van der Waals surface area contributed by atoms with Crippen molar-refractivity contribution in [2.45, 2.75) is 59.0 Å². The average Bonchev–Trinajstić information content (AvgIpc) is 2.39. The monoisotopic (exact) mass is 284 g/mol. The molecule has 3 N–H and O–H groups in total. The van der Waals surface area contributed by atoms with E-state index < -0.39 is 0 Å². The number of likely N-dealkylation sites (N-methyl/N-ethyl adjacent to an activating group) is 1. The van der Waals surface area contributed by atoms with Gasteiger partial charge in [-0.1, -0.05) is 25.4 Å². The van der Waals surface area contributed by atoms with E-state index in [1.165, 1.54) is 6.42 Å². The third kappa shape index (κ3) is 4.63. The molecule has 20 heavy (non-hydrogen) atoms. The van der Waals surface area contributed by atoms with E-state index in [1.54, 1.807) is 0 Å². The van der Waals surface area contributed by atoms with Crippen LogP contribution in [-0.4, -0.2) is 59.6 Å². The highest BCUT2D eigenvalue weighted by Crippen LogP contribution is 2.23. The molecule has 0 amide bonds. The van der Waals surface area contributed by atoms with Crippen LogP contribution in [0.3, 0.4) is 0 Å². The summed E-state index contributed by atoms with van der Waals surface area (Å²) < 4.78 is 0. The van der Waals surface area contributed by atoms with Gasteiger partial charge in [0.25, 0.3) is 0 Å². The zero-order chi connectivity index (χ0) is 15.3. The highest BCUT2D eigenvalue weighted by atomic mass is 16.4. The second kappa shape index (κ2) is 7.27. The zero-order valence-corrected chi connectivity index (χ0v) is 13.8. The summed E-state index contributed by atoms with van der Waals surface area (Å²) in [4.78, 5) is 5.02. The Morgan fingerprint density at radius 2 is 1.80 bits per heavy atom. The highest BCUT2D eigenvalue weighted by molar-refractivity contribution is 5.85. The third-order valence-electron chi connectivity index (χ3n) is 4.76. The topological polar surface area (TPSA) is 65.1 Å². The first-order valence-electron chi connectivity index (χ1n) is 7.70. The van der Waals surface area contributed by atoms with E-state index in [0.29, 0.717) is 17.9 Å². The molecular weight excluding hydrogens is 252 g/mol. The Balaban J connectivity index is 2.28. The number of hydrogen-bond acceptors (Lipinski definition) is 4. The molecule has 1 saturated heterocycles. The smallest absolute Gasteiger partial charge is 0.144 e. The molecule has 0 aromatic heterocycles. The van der Waals surface area contributed by atoms with Gasteiger partial charge in [-0.25, -0.2) is 0 Å². The number of oxime groups is 1. The standard InChI is InChI=1S/C15H32N4O/c1-12-10-19(11-13(2)18(12)5)9-7-6-8-15(3,4)14(16)17-20/h12-13,20H,6-11H2,1-5H3,(H2,16,17). The number of piperazine rings is 1. The Labute approximate surface area is 123 Å². The highest BCUT2D eigenvalue weighted by Gasteiger charge is 2.26. The summed E-state index contributed by atoms with van der Waals surface area (Å²) >= 11 is 0. The molecular formula is C15H32N4O. The van der Waals surface area contributed by atoms with Gasteiger partial charge in [-0.15, -0.1) is 0 Å². The SMILES string of the molecule is CC1CN(CCCCC(C)(C)C(N)=NO)CC(C)N1C. The van der Waals surface area contributed by atoms with E-state index in [4.69, 9.17) is 10.9 Å². The summed E-state index contributed by atoms with van der Waals surface area (Å²) in [5.41, 5.74) is 5.50. The quantitative estimate of drug-likeness (QED) is 0.257. The molecule has 5 nitrogen and oxygen atoms in total. The molecule has 1 aliphatic heterocycles. The fraction of sp³-hybridized carbons (Fsp3) is 0.933.